The molecule has 0 spiro atoms. The van der Waals surface area contributed by atoms with E-state index in [0.29, 0.717) is 0 Å². The van der Waals surface area contributed by atoms with E-state index in [9.17, 15) is 22.0 Å². The standard InChI is InChI=1S/C14H12F2N2O3S/c1-17-22(20,21)11-4-2-3-9(7-11)14(19)18-10-5-6-12(15)13(16)8-10/h2-8,17H,1H3,(H,18,19). The number of amides is 1. The highest BCUT2D eigenvalue weighted by molar-refractivity contribution is 7.89. The van der Waals surface area contributed by atoms with Crippen LogP contribution in [0.2, 0.25) is 0 Å². The molecule has 0 aliphatic heterocycles. The smallest absolute Gasteiger partial charge is 0.255 e. The number of carbonyl (C=O) groups excluding carboxylic acids is 1. The number of hydrogen-bond donors (Lipinski definition) is 2. The first-order valence-electron chi connectivity index (χ1n) is 6.13. The van der Waals surface area contributed by atoms with Crippen LogP contribution in [0.1, 0.15) is 10.4 Å². The third kappa shape index (κ3) is 3.46. The van der Waals surface area contributed by atoms with Crippen molar-refractivity contribution in [1.29, 1.82) is 0 Å². The molecule has 2 aromatic carbocycles. The average molecular weight is 326 g/mol. The monoisotopic (exact) mass is 326 g/mol. The van der Waals surface area contributed by atoms with Gasteiger partial charge in [0, 0.05) is 17.3 Å². The van der Waals surface area contributed by atoms with E-state index in [1.165, 1.54) is 37.4 Å². The summed E-state index contributed by atoms with van der Waals surface area (Å²) < 4.78 is 51.4. The second-order valence-corrected chi connectivity index (χ2v) is 6.20. The van der Waals surface area contributed by atoms with Crippen molar-refractivity contribution in [3.8, 4) is 0 Å². The maximum atomic E-state index is 13.1. The minimum atomic E-state index is -3.68. The van der Waals surface area contributed by atoms with Crippen molar-refractivity contribution >= 4 is 21.6 Å². The highest BCUT2D eigenvalue weighted by Crippen LogP contribution is 2.16. The van der Waals surface area contributed by atoms with E-state index in [0.717, 1.165) is 12.1 Å². The van der Waals surface area contributed by atoms with Crippen LogP contribution in [0.4, 0.5) is 14.5 Å². The molecule has 0 unspecified atom stereocenters. The van der Waals surface area contributed by atoms with E-state index in [1.807, 2.05) is 0 Å². The van der Waals surface area contributed by atoms with Crippen molar-refractivity contribution in [3.05, 3.63) is 59.7 Å². The Bertz CT molecular complexity index is 823. The Balaban J connectivity index is 2.26. The van der Waals surface area contributed by atoms with Crippen LogP contribution in [0.5, 0.6) is 0 Å². The van der Waals surface area contributed by atoms with Gasteiger partial charge in [-0.05, 0) is 37.4 Å². The zero-order chi connectivity index (χ0) is 16.3. The molecular weight excluding hydrogens is 314 g/mol. The summed E-state index contributed by atoms with van der Waals surface area (Å²) in [6.07, 6.45) is 0. The summed E-state index contributed by atoms with van der Waals surface area (Å²) in [6, 6.07) is 8.24. The topological polar surface area (TPSA) is 75.3 Å². The van der Waals surface area contributed by atoms with Gasteiger partial charge in [-0.25, -0.2) is 21.9 Å². The first-order valence-corrected chi connectivity index (χ1v) is 7.62. The normalized spacial score (nSPS) is 11.2. The number of sulfonamides is 1. The number of hydrogen-bond acceptors (Lipinski definition) is 3. The summed E-state index contributed by atoms with van der Waals surface area (Å²) in [7, 11) is -2.43. The van der Waals surface area contributed by atoms with Gasteiger partial charge in [0.1, 0.15) is 0 Å². The number of anilines is 1. The summed E-state index contributed by atoms with van der Waals surface area (Å²) in [4.78, 5) is 12.0. The molecule has 2 N–H and O–H groups in total. The molecule has 5 nitrogen and oxygen atoms in total. The minimum absolute atomic E-state index is 0.0609. The quantitative estimate of drug-likeness (QED) is 0.904. The molecule has 2 aromatic rings. The molecular formula is C14H12F2N2O3S. The van der Waals surface area contributed by atoms with Crippen LogP contribution < -0.4 is 10.0 Å². The van der Waals surface area contributed by atoms with Crippen LogP contribution in [-0.2, 0) is 10.0 Å². The van der Waals surface area contributed by atoms with Crippen LogP contribution in [0, 0.1) is 11.6 Å². The minimum Gasteiger partial charge on any atom is -0.322 e. The highest BCUT2D eigenvalue weighted by Gasteiger charge is 2.14. The van der Waals surface area contributed by atoms with E-state index in [4.69, 9.17) is 0 Å². The number of carbonyl (C=O) groups is 1. The lowest BCUT2D eigenvalue weighted by atomic mass is 10.2. The Kier molecular flexibility index (Phi) is 4.53. The average Bonchev–Trinajstić information content (AvgIpc) is 2.51. The second kappa shape index (κ2) is 6.20. The first kappa shape index (κ1) is 16.1. The molecule has 0 saturated heterocycles. The summed E-state index contributed by atoms with van der Waals surface area (Å²) in [5.74, 6) is -2.76. The predicted octanol–water partition coefficient (Wildman–Crippen LogP) is 2.13. The van der Waals surface area contributed by atoms with Gasteiger partial charge < -0.3 is 5.32 Å². The van der Waals surface area contributed by atoms with Gasteiger partial charge in [-0.1, -0.05) is 6.07 Å². The maximum absolute atomic E-state index is 13.1. The van der Waals surface area contributed by atoms with Gasteiger partial charge in [0.05, 0.1) is 4.90 Å². The second-order valence-electron chi connectivity index (χ2n) is 4.32. The summed E-state index contributed by atoms with van der Waals surface area (Å²) in [5.41, 5.74) is 0.131. The third-order valence-electron chi connectivity index (χ3n) is 2.85. The van der Waals surface area contributed by atoms with Gasteiger partial charge in [-0.15, -0.1) is 0 Å². The molecule has 8 heteroatoms. The van der Waals surface area contributed by atoms with Crippen molar-refractivity contribution in [1.82, 2.24) is 4.72 Å². The van der Waals surface area contributed by atoms with Crippen LogP contribution in [-0.4, -0.2) is 21.4 Å². The maximum Gasteiger partial charge on any atom is 0.255 e. The van der Waals surface area contributed by atoms with Crippen LogP contribution in [0.15, 0.2) is 47.4 Å². The Morgan fingerprint density at radius 3 is 2.41 bits per heavy atom. The van der Waals surface area contributed by atoms with Gasteiger partial charge in [0.15, 0.2) is 11.6 Å². The zero-order valence-electron chi connectivity index (χ0n) is 11.4. The fourth-order valence-corrected chi connectivity index (χ4v) is 2.48. The lowest BCUT2D eigenvalue weighted by molar-refractivity contribution is 0.102. The van der Waals surface area contributed by atoms with Crippen LogP contribution >= 0.6 is 0 Å². The van der Waals surface area contributed by atoms with E-state index in [2.05, 4.69) is 10.0 Å². The Morgan fingerprint density at radius 2 is 1.77 bits per heavy atom. The molecule has 0 fully saturated rings. The van der Waals surface area contributed by atoms with E-state index in [1.54, 1.807) is 0 Å². The predicted molar refractivity (Wildman–Crippen MR) is 77.0 cm³/mol. The summed E-state index contributed by atoms with van der Waals surface area (Å²) >= 11 is 0. The van der Waals surface area contributed by atoms with Gasteiger partial charge in [-0.3, -0.25) is 4.79 Å². The SMILES string of the molecule is CNS(=O)(=O)c1cccc(C(=O)Nc2ccc(F)c(F)c2)c1. The van der Waals surface area contributed by atoms with Crippen molar-refractivity contribution in [2.24, 2.45) is 0 Å². The molecule has 0 heterocycles. The molecule has 22 heavy (non-hydrogen) atoms. The molecule has 0 radical (unpaired) electrons. The van der Waals surface area contributed by atoms with Gasteiger partial charge in [-0.2, -0.15) is 0 Å². The summed E-state index contributed by atoms with van der Waals surface area (Å²) in [5, 5.41) is 2.36. The fraction of sp³-hybridized carbons (Fsp3) is 0.0714. The first-order chi connectivity index (χ1) is 10.3. The number of benzene rings is 2. The van der Waals surface area contributed by atoms with Gasteiger partial charge in [0.25, 0.3) is 5.91 Å². The van der Waals surface area contributed by atoms with E-state index < -0.39 is 27.6 Å². The number of halogens is 2. The molecule has 0 saturated carbocycles. The van der Waals surface area contributed by atoms with Crippen molar-refractivity contribution in [2.45, 2.75) is 4.90 Å². The molecule has 2 rings (SSSR count). The number of nitrogens with one attached hydrogen (secondary N) is 2. The third-order valence-corrected chi connectivity index (χ3v) is 4.26. The van der Waals surface area contributed by atoms with Crippen LogP contribution in [0.3, 0.4) is 0 Å². The fourth-order valence-electron chi connectivity index (χ4n) is 1.70. The molecule has 116 valence electrons. The lowest BCUT2D eigenvalue weighted by Crippen LogP contribution is -2.19. The summed E-state index contributed by atoms with van der Waals surface area (Å²) in [6.45, 7) is 0. The molecule has 0 atom stereocenters. The van der Waals surface area contributed by atoms with Gasteiger partial charge in [0.2, 0.25) is 10.0 Å². The number of rotatable bonds is 4. The molecule has 0 aromatic heterocycles. The molecule has 0 aliphatic carbocycles. The Morgan fingerprint density at radius 1 is 1.05 bits per heavy atom. The lowest BCUT2D eigenvalue weighted by Gasteiger charge is -2.07. The highest BCUT2D eigenvalue weighted by atomic mass is 32.2. The van der Waals surface area contributed by atoms with Crippen molar-refractivity contribution < 1.29 is 22.0 Å². The Hall–Kier alpha value is -2.32. The van der Waals surface area contributed by atoms with Gasteiger partial charge >= 0.3 is 0 Å². The molecule has 1 amide bonds. The Labute approximate surface area is 126 Å². The zero-order valence-corrected chi connectivity index (χ0v) is 12.2. The van der Waals surface area contributed by atoms with Crippen molar-refractivity contribution in [2.75, 3.05) is 12.4 Å². The van der Waals surface area contributed by atoms with E-state index >= 15 is 0 Å². The van der Waals surface area contributed by atoms with Crippen LogP contribution in [0.25, 0.3) is 0 Å². The van der Waals surface area contributed by atoms with Crippen molar-refractivity contribution in [3.63, 3.8) is 0 Å². The molecule has 0 aliphatic rings. The molecule has 0 bridgehead atoms. The van der Waals surface area contributed by atoms with E-state index in [-0.39, 0.29) is 16.1 Å². The largest absolute Gasteiger partial charge is 0.322 e.